The van der Waals surface area contributed by atoms with Crippen LogP contribution in [0.15, 0.2) is 30.3 Å². The molecule has 2 amide bonds. The van der Waals surface area contributed by atoms with Crippen LogP contribution >= 0.6 is 0 Å². The summed E-state index contributed by atoms with van der Waals surface area (Å²) in [5.74, 6) is 0. The van der Waals surface area contributed by atoms with Crippen LogP contribution in [0, 0.1) is 0 Å². The van der Waals surface area contributed by atoms with E-state index in [9.17, 15) is 4.79 Å². The van der Waals surface area contributed by atoms with Gasteiger partial charge < -0.3 is 20.1 Å². The largest absolute Gasteiger partial charge is 0.379 e. The van der Waals surface area contributed by atoms with Crippen LogP contribution < -0.4 is 10.6 Å². The average Bonchev–Trinajstić information content (AvgIpc) is 3.13. The van der Waals surface area contributed by atoms with E-state index in [2.05, 4.69) is 46.7 Å². The minimum absolute atomic E-state index is 0.0494. The predicted molar refractivity (Wildman–Crippen MR) is 91.9 cm³/mol. The van der Waals surface area contributed by atoms with E-state index < -0.39 is 0 Å². The maximum Gasteiger partial charge on any atom is 0.315 e. The Morgan fingerprint density at radius 3 is 2.83 bits per heavy atom. The molecule has 3 rings (SSSR count). The molecule has 2 saturated heterocycles. The van der Waals surface area contributed by atoms with Crippen LogP contribution in [0.2, 0.25) is 0 Å². The van der Waals surface area contributed by atoms with Crippen LogP contribution in [0.25, 0.3) is 0 Å². The fourth-order valence-corrected chi connectivity index (χ4v) is 3.47. The van der Waals surface area contributed by atoms with Crippen molar-refractivity contribution in [3.63, 3.8) is 0 Å². The van der Waals surface area contributed by atoms with Crippen LogP contribution in [0.4, 0.5) is 4.79 Å². The SMILES string of the molecule is CCN1CCO[C@@H](CNC(=O)N[C@@H]2CCOC2)[C@@H]1c1ccccc1. The van der Waals surface area contributed by atoms with Crippen LogP contribution in [0.1, 0.15) is 24.9 Å². The molecule has 1 aromatic rings. The molecule has 6 heteroatoms. The highest BCUT2D eigenvalue weighted by Gasteiger charge is 2.33. The highest BCUT2D eigenvalue weighted by Crippen LogP contribution is 2.28. The Morgan fingerprint density at radius 2 is 2.12 bits per heavy atom. The Balaban J connectivity index is 1.60. The van der Waals surface area contributed by atoms with Crippen molar-refractivity contribution >= 4 is 6.03 Å². The van der Waals surface area contributed by atoms with Gasteiger partial charge in [0.05, 0.1) is 31.4 Å². The molecular formula is C18H27N3O3. The Hall–Kier alpha value is -1.63. The lowest BCUT2D eigenvalue weighted by Gasteiger charge is -2.41. The summed E-state index contributed by atoms with van der Waals surface area (Å²) in [5, 5.41) is 5.92. The number of likely N-dealkylation sites (N-methyl/N-ethyl adjacent to an activating group) is 1. The van der Waals surface area contributed by atoms with Gasteiger partial charge in [-0.05, 0) is 18.5 Å². The highest BCUT2D eigenvalue weighted by atomic mass is 16.5. The van der Waals surface area contributed by atoms with Crippen molar-refractivity contribution < 1.29 is 14.3 Å². The van der Waals surface area contributed by atoms with Crippen molar-refractivity contribution in [3.8, 4) is 0 Å². The number of hydrogen-bond acceptors (Lipinski definition) is 4. The molecule has 24 heavy (non-hydrogen) atoms. The maximum absolute atomic E-state index is 12.1. The van der Waals surface area contributed by atoms with Gasteiger partial charge in [0.1, 0.15) is 0 Å². The molecule has 6 nitrogen and oxygen atoms in total. The summed E-state index contributed by atoms with van der Waals surface area (Å²) >= 11 is 0. The first-order valence-corrected chi connectivity index (χ1v) is 8.80. The van der Waals surface area contributed by atoms with E-state index in [1.165, 1.54) is 5.56 Å². The summed E-state index contributed by atoms with van der Waals surface area (Å²) in [6, 6.07) is 10.5. The maximum atomic E-state index is 12.1. The summed E-state index contributed by atoms with van der Waals surface area (Å²) in [6.07, 6.45) is 0.829. The zero-order chi connectivity index (χ0) is 16.8. The van der Waals surface area contributed by atoms with E-state index in [0.29, 0.717) is 19.8 Å². The number of nitrogens with one attached hydrogen (secondary N) is 2. The topological polar surface area (TPSA) is 62.8 Å². The second kappa shape index (κ2) is 8.46. The molecule has 0 aromatic heterocycles. The molecule has 0 bridgehead atoms. The summed E-state index contributed by atoms with van der Waals surface area (Å²) in [4.78, 5) is 14.5. The van der Waals surface area contributed by atoms with E-state index >= 15 is 0 Å². The first kappa shape index (κ1) is 17.2. The zero-order valence-electron chi connectivity index (χ0n) is 14.2. The lowest BCUT2D eigenvalue weighted by Crippen LogP contribution is -2.51. The smallest absolute Gasteiger partial charge is 0.315 e. The lowest BCUT2D eigenvalue weighted by molar-refractivity contribution is -0.0682. The van der Waals surface area contributed by atoms with Gasteiger partial charge in [-0.25, -0.2) is 4.79 Å². The normalized spacial score (nSPS) is 27.8. The number of rotatable bonds is 5. The van der Waals surface area contributed by atoms with E-state index in [-0.39, 0.29) is 24.2 Å². The van der Waals surface area contributed by atoms with Crippen molar-refractivity contribution in [2.24, 2.45) is 0 Å². The lowest BCUT2D eigenvalue weighted by atomic mass is 9.98. The van der Waals surface area contributed by atoms with E-state index in [1.807, 2.05) is 6.07 Å². The number of benzene rings is 1. The number of carbonyl (C=O) groups is 1. The summed E-state index contributed by atoms with van der Waals surface area (Å²) in [5.41, 5.74) is 1.23. The number of morpholine rings is 1. The molecule has 1 aromatic carbocycles. The Kier molecular flexibility index (Phi) is 6.07. The Labute approximate surface area is 143 Å². The quantitative estimate of drug-likeness (QED) is 0.858. The van der Waals surface area contributed by atoms with E-state index in [4.69, 9.17) is 9.47 Å². The van der Waals surface area contributed by atoms with Gasteiger partial charge in [0, 0.05) is 19.7 Å². The fourth-order valence-electron chi connectivity index (χ4n) is 3.47. The highest BCUT2D eigenvalue weighted by molar-refractivity contribution is 5.74. The first-order chi connectivity index (χ1) is 11.8. The van der Waals surface area contributed by atoms with Crippen molar-refractivity contribution in [2.45, 2.75) is 31.5 Å². The second-order valence-electron chi connectivity index (χ2n) is 6.31. The van der Waals surface area contributed by atoms with Gasteiger partial charge in [-0.2, -0.15) is 0 Å². The fraction of sp³-hybridized carbons (Fsp3) is 0.611. The molecule has 3 atom stereocenters. The first-order valence-electron chi connectivity index (χ1n) is 8.80. The molecule has 132 valence electrons. The third-order valence-corrected chi connectivity index (χ3v) is 4.73. The van der Waals surface area contributed by atoms with E-state index in [0.717, 1.165) is 26.1 Å². The minimum atomic E-state index is -0.144. The third kappa shape index (κ3) is 4.26. The second-order valence-corrected chi connectivity index (χ2v) is 6.31. The molecule has 0 spiro atoms. The van der Waals surface area contributed by atoms with Gasteiger partial charge >= 0.3 is 6.03 Å². The molecule has 0 aliphatic carbocycles. The predicted octanol–water partition coefficient (Wildman–Crippen LogP) is 1.54. The van der Waals surface area contributed by atoms with Crippen LogP contribution in [0.3, 0.4) is 0 Å². The Morgan fingerprint density at radius 1 is 1.29 bits per heavy atom. The van der Waals surface area contributed by atoms with Gasteiger partial charge in [0.25, 0.3) is 0 Å². The average molecular weight is 333 g/mol. The molecule has 2 fully saturated rings. The number of hydrogen-bond donors (Lipinski definition) is 2. The molecule has 2 aliphatic rings. The summed E-state index contributed by atoms with van der Waals surface area (Å²) < 4.78 is 11.3. The van der Waals surface area contributed by atoms with Gasteiger partial charge in [-0.1, -0.05) is 37.3 Å². The summed E-state index contributed by atoms with van der Waals surface area (Å²) in [7, 11) is 0. The number of urea groups is 1. The standard InChI is InChI=1S/C18H27N3O3/c1-2-21-9-11-24-16(17(21)14-6-4-3-5-7-14)12-19-18(22)20-15-8-10-23-13-15/h3-7,15-17H,2,8-13H2,1H3,(H2,19,20,22)/t15-,16+,17+/m1/s1. The number of carbonyl (C=O) groups excluding carboxylic acids is 1. The molecular weight excluding hydrogens is 306 g/mol. The van der Waals surface area contributed by atoms with Crippen molar-refractivity contribution in [3.05, 3.63) is 35.9 Å². The molecule has 0 unspecified atom stereocenters. The molecule has 2 heterocycles. The Bertz CT molecular complexity index is 520. The molecule has 2 N–H and O–H groups in total. The van der Waals surface area contributed by atoms with Gasteiger partial charge in [0.15, 0.2) is 0 Å². The van der Waals surface area contributed by atoms with Crippen LogP contribution in [-0.2, 0) is 9.47 Å². The van der Waals surface area contributed by atoms with Crippen molar-refractivity contribution in [2.75, 3.05) is 39.5 Å². The van der Waals surface area contributed by atoms with Crippen LogP contribution in [0.5, 0.6) is 0 Å². The summed E-state index contributed by atoms with van der Waals surface area (Å²) in [6.45, 7) is 6.56. The van der Waals surface area contributed by atoms with Gasteiger partial charge in [-0.3, -0.25) is 4.90 Å². The number of amides is 2. The van der Waals surface area contributed by atoms with Crippen molar-refractivity contribution in [1.29, 1.82) is 0 Å². The number of ether oxygens (including phenoxy) is 2. The third-order valence-electron chi connectivity index (χ3n) is 4.73. The monoisotopic (exact) mass is 333 g/mol. The van der Waals surface area contributed by atoms with Crippen LogP contribution in [-0.4, -0.2) is 62.5 Å². The number of nitrogens with zero attached hydrogens (tertiary/aromatic N) is 1. The van der Waals surface area contributed by atoms with Gasteiger partial charge in [-0.15, -0.1) is 0 Å². The molecule has 2 aliphatic heterocycles. The zero-order valence-corrected chi connectivity index (χ0v) is 14.2. The minimum Gasteiger partial charge on any atom is -0.379 e. The molecule has 0 saturated carbocycles. The van der Waals surface area contributed by atoms with Crippen molar-refractivity contribution in [1.82, 2.24) is 15.5 Å². The van der Waals surface area contributed by atoms with E-state index in [1.54, 1.807) is 0 Å². The van der Waals surface area contributed by atoms with Gasteiger partial charge in [0.2, 0.25) is 0 Å². The molecule has 0 radical (unpaired) electrons.